The van der Waals surface area contributed by atoms with E-state index in [9.17, 15) is 5.11 Å². The molecule has 0 saturated carbocycles. The second-order valence-electron chi connectivity index (χ2n) is 3.52. The highest BCUT2D eigenvalue weighted by molar-refractivity contribution is 5.09. The number of aliphatic hydroxyl groups is 1. The molecule has 0 bridgehead atoms. The molecular formula is C10H14N2O3. The van der Waals surface area contributed by atoms with Gasteiger partial charge in [0.2, 0.25) is 5.88 Å². The molecule has 0 radical (unpaired) electrons. The second kappa shape index (κ2) is 4.55. The highest BCUT2D eigenvalue weighted by atomic mass is 16.5. The highest BCUT2D eigenvalue weighted by Gasteiger charge is 2.23. The van der Waals surface area contributed by atoms with Gasteiger partial charge in [0.05, 0.1) is 31.3 Å². The van der Waals surface area contributed by atoms with Crippen molar-refractivity contribution in [3.05, 3.63) is 18.1 Å². The van der Waals surface area contributed by atoms with Crippen molar-refractivity contribution in [2.45, 2.75) is 25.0 Å². The Labute approximate surface area is 88.1 Å². The quantitative estimate of drug-likeness (QED) is 0.778. The predicted molar refractivity (Wildman–Crippen MR) is 52.5 cm³/mol. The molecule has 5 heteroatoms. The van der Waals surface area contributed by atoms with Crippen LogP contribution in [-0.4, -0.2) is 34.9 Å². The maximum Gasteiger partial charge on any atom is 0.231 e. The third kappa shape index (κ3) is 2.43. The molecule has 5 nitrogen and oxygen atoms in total. The van der Waals surface area contributed by atoms with Crippen molar-refractivity contribution in [3.63, 3.8) is 0 Å². The largest absolute Gasteiger partial charge is 0.480 e. The van der Waals surface area contributed by atoms with E-state index in [1.165, 1.54) is 0 Å². The lowest BCUT2D eigenvalue weighted by Crippen LogP contribution is -2.24. The van der Waals surface area contributed by atoms with Gasteiger partial charge >= 0.3 is 0 Å². The number of hydrogen-bond acceptors (Lipinski definition) is 5. The lowest BCUT2D eigenvalue weighted by atomic mass is 10.0. The molecule has 1 fully saturated rings. The smallest absolute Gasteiger partial charge is 0.231 e. The molecule has 1 aromatic heterocycles. The van der Waals surface area contributed by atoms with Crippen molar-refractivity contribution in [3.8, 4) is 5.88 Å². The number of aromatic nitrogens is 2. The van der Waals surface area contributed by atoms with Crippen LogP contribution < -0.4 is 4.74 Å². The summed E-state index contributed by atoms with van der Waals surface area (Å²) in [7, 11) is 1.55. The zero-order valence-corrected chi connectivity index (χ0v) is 8.59. The lowest BCUT2D eigenvalue weighted by Gasteiger charge is -2.25. The maximum atomic E-state index is 9.49. The summed E-state index contributed by atoms with van der Waals surface area (Å²) in [5, 5.41) is 9.49. The summed E-state index contributed by atoms with van der Waals surface area (Å²) in [5.41, 5.74) is 0.745. The van der Waals surface area contributed by atoms with E-state index in [1.54, 1.807) is 19.5 Å². The molecule has 1 aromatic rings. The van der Waals surface area contributed by atoms with E-state index in [2.05, 4.69) is 9.97 Å². The molecule has 2 heterocycles. The standard InChI is InChI=1S/C10H14N2O3/c1-14-10-6-11-8(5-12-10)9-4-7(13)2-3-15-9/h5-7,9,13H,2-4H2,1H3. The van der Waals surface area contributed by atoms with Gasteiger partial charge in [0.1, 0.15) is 6.10 Å². The molecule has 82 valence electrons. The molecule has 2 atom stereocenters. The molecule has 1 aliphatic rings. The Kier molecular flexibility index (Phi) is 3.13. The zero-order chi connectivity index (χ0) is 10.7. The number of ether oxygens (including phenoxy) is 2. The van der Waals surface area contributed by atoms with Crippen LogP contribution in [0.25, 0.3) is 0 Å². The molecule has 0 aromatic carbocycles. The highest BCUT2D eigenvalue weighted by Crippen LogP contribution is 2.26. The monoisotopic (exact) mass is 210 g/mol. The van der Waals surface area contributed by atoms with E-state index in [1.807, 2.05) is 0 Å². The number of nitrogens with zero attached hydrogens (tertiary/aromatic N) is 2. The first-order chi connectivity index (χ1) is 7.29. The van der Waals surface area contributed by atoms with Gasteiger partial charge in [-0.2, -0.15) is 0 Å². The van der Waals surface area contributed by atoms with Crippen LogP contribution in [0.4, 0.5) is 0 Å². The maximum absolute atomic E-state index is 9.49. The van der Waals surface area contributed by atoms with Gasteiger partial charge in [-0.3, -0.25) is 4.98 Å². The Hall–Kier alpha value is -1.20. The van der Waals surface area contributed by atoms with Crippen molar-refractivity contribution in [1.29, 1.82) is 0 Å². The van der Waals surface area contributed by atoms with Crippen LogP contribution in [0, 0.1) is 0 Å². The number of hydrogen-bond donors (Lipinski definition) is 1. The fraction of sp³-hybridized carbons (Fsp3) is 0.600. The van der Waals surface area contributed by atoms with Gasteiger partial charge < -0.3 is 14.6 Å². The van der Waals surface area contributed by atoms with Crippen LogP contribution in [-0.2, 0) is 4.74 Å². The SMILES string of the molecule is COc1cnc(C2CC(O)CCO2)cn1. The van der Waals surface area contributed by atoms with Crippen LogP contribution in [0.5, 0.6) is 5.88 Å². The third-order valence-corrected chi connectivity index (χ3v) is 2.44. The predicted octanol–water partition coefficient (Wildman–Crippen LogP) is 0.698. The molecule has 15 heavy (non-hydrogen) atoms. The summed E-state index contributed by atoms with van der Waals surface area (Å²) in [6.45, 7) is 0.569. The molecule has 1 N–H and O–H groups in total. The Morgan fingerprint density at radius 1 is 1.47 bits per heavy atom. The van der Waals surface area contributed by atoms with E-state index in [0.29, 0.717) is 25.3 Å². The normalized spacial score (nSPS) is 26.3. The van der Waals surface area contributed by atoms with Crippen LogP contribution in [0.1, 0.15) is 24.6 Å². The first-order valence-electron chi connectivity index (χ1n) is 4.95. The zero-order valence-electron chi connectivity index (χ0n) is 8.59. The fourth-order valence-corrected chi connectivity index (χ4v) is 1.58. The molecule has 1 aliphatic heterocycles. The van der Waals surface area contributed by atoms with Crippen molar-refractivity contribution < 1.29 is 14.6 Å². The van der Waals surface area contributed by atoms with Gasteiger partial charge in [-0.05, 0) is 6.42 Å². The Morgan fingerprint density at radius 2 is 2.33 bits per heavy atom. The van der Waals surface area contributed by atoms with Gasteiger partial charge in [-0.1, -0.05) is 0 Å². The van der Waals surface area contributed by atoms with Gasteiger partial charge in [0.25, 0.3) is 0 Å². The van der Waals surface area contributed by atoms with Crippen LogP contribution >= 0.6 is 0 Å². The Morgan fingerprint density at radius 3 is 2.93 bits per heavy atom. The number of aliphatic hydroxyl groups excluding tert-OH is 1. The number of methoxy groups -OCH3 is 1. The summed E-state index contributed by atoms with van der Waals surface area (Å²) < 4.78 is 10.4. The number of rotatable bonds is 2. The summed E-state index contributed by atoms with van der Waals surface area (Å²) in [5.74, 6) is 0.482. The van der Waals surface area contributed by atoms with E-state index in [-0.39, 0.29) is 12.2 Å². The second-order valence-corrected chi connectivity index (χ2v) is 3.52. The summed E-state index contributed by atoms with van der Waals surface area (Å²) in [6.07, 6.45) is 4.02. The van der Waals surface area contributed by atoms with Gasteiger partial charge in [-0.15, -0.1) is 0 Å². The molecule has 0 amide bonds. The Bertz CT molecular complexity index is 315. The molecule has 2 rings (SSSR count). The fourth-order valence-electron chi connectivity index (χ4n) is 1.58. The minimum Gasteiger partial charge on any atom is -0.480 e. The first kappa shape index (κ1) is 10.3. The van der Waals surface area contributed by atoms with Crippen molar-refractivity contribution in [2.75, 3.05) is 13.7 Å². The molecule has 0 aliphatic carbocycles. The minimum atomic E-state index is -0.298. The Balaban J connectivity index is 2.07. The minimum absolute atomic E-state index is 0.146. The summed E-state index contributed by atoms with van der Waals surface area (Å²) in [6, 6.07) is 0. The average molecular weight is 210 g/mol. The molecular weight excluding hydrogens is 196 g/mol. The van der Waals surface area contributed by atoms with Crippen molar-refractivity contribution in [2.24, 2.45) is 0 Å². The molecule has 0 spiro atoms. The average Bonchev–Trinajstić information content (AvgIpc) is 2.29. The van der Waals surface area contributed by atoms with E-state index < -0.39 is 0 Å². The third-order valence-electron chi connectivity index (χ3n) is 2.44. The first-order valence-corrected chi connectivity index (χ1v) is 4.95. The van der Waals surface area contributed by atoms with Crippen molar-refractivity contribution in [1.82, 2.24) is 9.97 Å². The van der Waals surface area contributed by atoms with Gasteiger partial charge in [0, 0.05) is 13.0 Å². The van der Waals surface area contributed by atoms with Gasteiger partial charge in [0.15, 0.2) is 0 Å². The van der Waals surface area contributed by atoms with Crippen LogP contribution in [0.15, 0.2) is 12.4 Å². The van der Waals surface area contributed by atoms with Gasteiger partial charge in [-0.25, -0.2) is 4.98 Å². The molecule has 1 saturated heterocycles. The topological polar surface area (TPSA) is 64.5 Å². The lowest BCUT2D eigenvalue weighted by molar-refractivity contribution is -0.0468. The van der Waals surface area contributed by atoms with E-state index >= 15 is 0 Å². The van der Waals surface area contributed by atoms with Crippen molar-refractivity contribution >= 4 is 0 Å². The van der Waals surface area contributed by atoms with E-state index in [0.717, 1.165) is 5.69 Å². The summed E-state index contributed by atoms with van der Waals surface area (Å²) in [4.78, 5) is 8.24. The summed E-state index contributed by atoms with van der Waals surface area (Å²) >= 11 is 0. The van der Waals surface area contributed by atoms with Crippen LogP contribution in [0.2, 0.25) is 0 Å². The van der Waals surface area contributed by atoms with E-state index in [4.69, 9.17) is 9.47 Å². The molecule has 2 unspecified atom stereocenters. The van der Waals surface area contributed by atoms with Crippen LogP contribution in [0.3, 0.4) is 0 Å².